The molecule has 2 N–H and O–H groups in total. The first kappa shape index (κ1) is 17.6. The lowest BCUT2D eigenvalue weighted by molar-refractivity contribution is 0.0950. The Morgan fingerprint density at radius 2 is 2.12 bits per heavy atom. The number of carbonyl (C=O) groups is 1. The molecular weight excluding hydrogens is 344 g/mol. The van der Waals surface area contributed by atoms with Crippen molar-refractivity contribution in [2.24, 2.45) is 10.9 Å². The van der Waals surface area contributed by atoms with E-state index < -0.39 is 0 Å². The van der Waals surface area contributed by atoms with Crippen molar-refractivity contribution >= 4 is 39.7 Å². The van der Waals surface area contributed by atoms with Gasteiger partial charge in [0.1, 0.15) is 0 Å². The fraction of sp³-hybridized carbons (Fsp3) is 0.550. The van der Waals surface area contributed by atoms with Crippen LogP contribution in [0.2, 0.25) is 0 Å². The number of hydrogen-bond acceptors (Lipinski definition) is 5. The Hall–Kier alpha value is -1.82. The minimum atomic E-state index is 0.234. The molecular formula is C20H26N4OS. The normalized spacial score (nSPS) is 21.3. The van der Waals surface area contributed by atoms with Crippen molar-refractivity contribution in [1.29, 1.82) is 0 Å². The number of fused-ring (bicyclic) bond motifs is 1. The van der Waals surface area contributed by atoms with E-state index in [0.29, 0.717) is 24.3 Å². The van der Waals surface area contributed by atoms with Gasteiger partial charge in [-0.1, -0.05) is 50.8 Å². The Bertz CT molecular complexity index is 851. The number of Topliss-reactive ketones (excluding diaryl/α,β-unsaturated/α-hetero) is 1. The predicted molar refractivity (Wildman–Crippen MR) is 109 cm³/mol. The molecule has 26 heavy (non-hydrogen) atoms. The second-order valence-corrected chi connectivity index (χ2v) is 8.41. The van der Waals surface area contributed by atoms with Gasteiger partial charge in [-0.15, -0.1) is 0 Å². The number of aliphatic imine (C=N–C) groups is 1. The molecule has 4 rings (SSSR count). The van der Waals surface area contributed by atoms with Gasteiger partial charge >= 0.3 is 0 Å². The molecule has 0 radical (unpaired) electrons. The quantitative estimate of drug-likeness (QED) is 0.804. The summed E-state index contributed by atoms with van der Waals surface area (Å²) in [4.78, 5) is 22.0. The summed E-state index contributed by atoms with van der Waals surface area (Å²) in [6.45, 7) is 2.15. The maximum atomic E-state index is 12.8. The van der Waals surface area contributed by atoms with Crippen molar-refractivity contribution in [3.63, 3.8) is 0 Å². The van der Waals surface area contributed by atoms with Gasteiger partial charge in [-0.25, -0.2) is 4.98 Å². The number of carbonyl (C=O) groups excluding carboxylic acids is 1. The SMILES string of the molecule is CCC1CSC(n2c(N)nc3ccc(C(=O)CC4CCCCC4)cc32)=N1. The number of imidazole rings is 1. The molecule has 5 nitrogen and oxygen atoms in total. The van der Waals surface area contributed by atoms with Gasteiger partial charge in [-0.3, -0.25) is 14.4 Å². The van der Waals surface area contributed by atoms with Gasteiger partial charge in [0, 0.05) is 17.7 Å². The second kappa shape index (κ2) is 7.43. The number of nitrogens with two attached hydrogens (primary N) is 1. The van der Waals surface area contributed by atoms with E-state index in [0.717, 1.165) is 33.9 Å². The van der Waals surface area contributed by atoms with Crippen molar-refractivity contribution in [3.8, 4) is 0 Å². The van der Waals surface area contributed by atoms with E-state index in [2.05, 4.69) is 11.9 Å². The third-order valence-corrected chi connectivity index (χ3v) is 6.66. The molecule has 2 heterocycles. The van der Waals surface area contributed by atoms with Crippen LogP contribution < -0.4 is 5.73 Å². The number of thioether (sulfide) groups is 1. The minimum absolute atomic E-state index is 0.234. The molecule has 1 aromatic heterocycles. The van der Waals surface area contributed by atoms with Gasteiger partial charge in [-0.05, 0) is 30.5 Å². The molecule has 1 aromatic carbocycles. The highest BCUT2D eigenvalue weighted by atomic mass is 32.2. The van der Waals surface area contributed by atoms with Gasteiger partial charge in [0.05, 0.1) is 17.1 Å². The zero-order chi connectivity index (χ0) is 18.1. The number of aromatic nitrogens is 2. The molecule has 1 fully saturated rings. The maximum Gasteiger partial charge on any atom is 0.207 e. The average molecular weight is 371 g/mol. The summed E-state index contributed by atoms with van der Waals surface area (Å²) in [6.07, 6.45) is 7.88. The van der Waals surface area contributed by atoms with E-state index in [1.165, 1.54) is 32.1 Å². The largest absolute Gasteiger partial charge is 0.369 e. The van der Waals surface area contributed by atoms with Crippen molar-refractivity contribution in [2.75, 3.05) is 11.5 Å². The van der Waals surface area contributed by atoms with E-state index in [9.17, 15) is 4.79 Å². The highest BCUT2D eigenvalue weighted by molar-refractivity contribution is 8.14. The van der Waals surface area contributed by atoms with Gasteiger partial charge in [0.25, 0.3) is 0 Å². The average Bonchev–Trinajstić information content (AvgIpc) is 3.24. The molecule has 2 aromatic rings. The summed E-state index contributed by atoms with van der Waals surface area (Å²) in [7, 11) is 0. The number of benzene rings is 1. The van der Waals surface area contributed by atoms with Crippen LogP contribution >= 0.6 is 11.8 Å². The first-order valence-corrected chi connectivity index (χ1v) is 10.7. The zero-order valence-corrected chi connectivity index (χ0v) is 16.1. The zero-order valence-electron chi connectivity index (χ0n) is 15.3. The summed E-state index contributed by atoms with van der Waals surface area (Å²) < 4.78 is 1.91. The Labute approximate surface area is 158 Å². The van der Waals surface area contributed by atoms with Crippen molar-refractivity contribution in [1.82, 2.24) is 9.55 Å². The molecule has 0 bridgehead atoms. The smallest absolute Gasteiger partial charge is 0.207 e. The van der Waals surface area contributed by atoms with E-state index in [-0.39, 0.29) is 5.78 Å². The monoisotopic (exact) mass is 370 g/mol. The second-order valence-electron chi connectivity index (χ2n) is 7.42. The maximum absolute atomic E-state index is 12.8. The first-order valence-electron chi connectivity index (χ1n) is 9.68. The van der Waals surface area contributed by atoms with Crippen molar-refractivity contribution < 1.29 is 4.79 Å². The Kier molecular flexibility index (Phi) is 5.02. The van der Waals surface area contributed by atoms with Gasteiger partial charge in [0.2, 0.25) is 5.95 Å². The molecule has 6 heteroatoms. The number of anilines is 1. The van der Waals surface area contributed by atoms with Crippen LogP contribution in [0.25, 0.3) is 11.0 Å². The molecule has 1 atom stereocenters. The van der Waals surface area contributed by atoms with Crippen LogP contribution in [0, 0.1) is 5.92 Å². The van der Waals surface area contributed by atoms with E-state index >= 15 is 0 Å². The third kappa shape index (κ3) is 3.39. The van der Waals surface area contributed by atoms with E-state index in [4.69, 9.17) is 10.7 Å². The summed E-state index contributed by atoms with van der Waals surface area (Å²) in [5.41, 5.74) is 8.64. The summed E-state index contributed by atoms with van der Waals surface area (Å²) in [6, 6.07) is 6.09. The molecule has 2 aliphatic rings. The molecule has 0 amide bonds. The van der Waals surface area contributed by atoms with Crippen LogP contribution in [0.5, 0.6) is 0 Å². The molecule has 0 spiro atoms. The van der Waals surface area contributed by atoms with Crippen LogP contribution in [0.3, 0.4) is 0 Å². The number of hydrogen-bond donors (Lipinski definition) is 1. The number of nitrogen functional groups attached to an aromatic ring is 1. The van der Waals surface area contributed by atoms with Crippen LogP contribution in [-0.4, -0.2) is 32.3 Å². The first-order chi connectivity index (χ1) is 12.7. The molecule has 0 saturated heterocycles. The van der Waals surface area contributed by atoms with Crippen LogP contribution in [0.1, 0.15) is 62.2 Å². The fourth-order valence-electron chi connectivity index (χ4n) is 3.97. The van der Waals surface area contributed by atoms with Crippen molar-refractivity contribution in [3.05, 3.63) is 23.8 Å². The Morgan fingerprint density at radius 1 is 1.31 bits per heavy atom. The molecule has 1 aliphatic carbocycles. The molecule has 1 saturated carbocycles. The van der Waals surface area contributed by atoms with Crippen molar-refractivity contribution in [2.45, 2.75) is 57.9 Å². The Balaban J connectivity index is 1.64. The number of rotatable bonds is 4. The molecule has 1 aliphatic heterocycles. The summed E-state index contributed by atoms with van der Waals surface area (Å²) in [5.74, 6) is 2.20. The van der Waals surface area contributed by atoms with Gasteiger partial charge in [-0.2, -0.15) is 0 Å². The van der Waals surface area contributed by atoms with Crippen LogP contribution in [-0.2, 0) is 0 Å². The van der Waals surface area contributed by atoms with Crippen LogP contribution in [0.4, 0.5) is 5.95 Å². The lowest BCUT2D eigenvalue weighted by atomic mass is 9.85. The van der Waals surface area contributed by atoms with E-state index in [1.54, 1.807) is 11.8 Å². The molecule has 1 unspecified atom stereocenters. The highest BCUT2D eigenvalue weighted by Crippen LogP contribution is 2.30. The topological polar surface area (TPSA) is 73.3 Å². The predicted octanol–water partition coefficient (Wildman–Crippen LogP) is 4.50. The minimum Gasteiger partial charge on any atom is -0.369 e. The molecule has 138 valence electrons. The lowest BCUT2D eigenvalue weighted by Gasteiger charge is -2.20. The standard InChI is InChI=1S/C20H26N4OS/c1-2-15-12-26-20(22-15)24-17-11-14(8-9-16(17)23-19(24)21)18(25)10-13-6-4-3-5-7-13/h8-9,11,13,15H,2-7,10,12H2,1H3,(H2,21,23). The Morgan fingerprint density at radius 3 is 2.85 bits per heavy atom. The summed E-state index contributed by atoms with van der Waals surface area (Å²) in [5, 5.41) is 0.897. The third-order valence-electron chi connectivity index (χ3n) is 5.56. The highest BCUT2D eigenvalue weighted by Gasteiger charge is 2.23. The lowest BCUT2D eigenvalue weighted by Crippen LogP contribution is -2.13. The van der Waals surface area contributed by atoms with Gasteiger partial charge < -0.3 is 5.73 Å². The number of nitrogens with zero attached hydrogens (tertiary/aromatic N) is 3. The van der Waals surface area contributed by atoms with E-state index in [1.807, 2.05) is 22.8 Å². The number of ketones is 1. The summed E-state index contributed by atoms with van der Waals surface area (Å²) >= 11 is 1.71. The van der Waals surface area contributed by atoms with Crippen LogP contribution in [0.15, 0.2) is 23.2 Å². The van der Waals surface area contributed by atoms with Gasteiger partial charge in [0.15, 0.2) is 11.0 Å². The fourth-order valence-corrected chi connectivity index (χ4v) is 5.17.